The molecule has 0 saturated heterocycles. The van der Waals surface area contributed by atoms with E-state index in [1.807, 2.05) is 24.3 Å². The molecule has 0 aliphatic carbocycles. The quantitative estimate of drug-likeness (QED) is 0.721. The molecule has 0 unspecified atom stereocenters. The number of rotatable bonds is 4. The van der Waals surface area contributed by atoms with Crippen LogP contribution in [0.2, 0.25) is 0 Å². The summed E-state index contributed by atoms with van der Waals surface area (Å²) in [6.07, 6.45) is 0. The third-order valence-corrected chi connectivity index (χ3v) is 3.29. The highest BCUT2D eigenvalue weighted by Crippen LogP contribution is 2.24. The summed E-state index contributed by atoms with van der Waals surface area (Å²) >= 11 is 0. The first-order chi connectivity index (χ1) is 10.2. The molecule has 0 saturated carbocycles. The maximum absolute atomic E-state index is 11.5. The molecule has 2 aromatic carbocycles. The summed E-state index contributed by atoms with van der Waals surface area (Å²) < 4.78 is 5.20. The number of hydrogen-bond donors (Lipinski definition) is 2. The molecule has 0 fully saturated rings. The van der Waals surface area contributed by atoms with Crippen LogP contribution in [0.1, 0.15) is 10.4 Å². The molecule has 0 bridgehead atoms. The lowest BCUT2D eigenvalue weighted by Crippen LogP contribution is -2.03. The predicted molar refractivity (Wildman–Crippen MR) is 79.5 cm³/mol. The van der Waals surface area contributed by atoms with E-state index in [0.29, 0.717) is 11.4 Å². The lowest BCUT2D eigenvalue weighted by atomic mass is 10.1. The van der Waals surface area contributed by atoms with Crippen molar-refractivity contribution in [2.45, 2.75) is 0 Å². The standard InChI is InChI=1S/C16H14N2O3/c1-21-12-4-2-3-11(7-12)16-17-13-6-5-10(15(20)9-19)8-14(13)18-16/h2-8,19H,9H2,1H3,(H,17,18). The maximum Gasteiger partial charge on any atom is 0.188 e. The van der Waals surface area contributed by atoms with E-state index in [2.05, 4.69) is 9.97 Å². The van der Waals surface area contributed by atoms with E-state index in [4.69, 9.17) is 9.84 Å². The molecule has 3 rings (SSSR count). The highest BCUT2D eigenvalue weighted by molar-refractivity contribution is 5.99. The fourth-order valence-corrected chi connectivity index (χ4v) is 2.18. The zero-order chi connectivity index (χ0) is 14.8. The Balaban J connectivity index is 2.06. The van der Waals surface area contributed by atoms with E-state index in [1.165, 1.54) is 0 Å². The van der Waals surface area contributed by atoms with Crippen molar-refractivity contribution in [2.24, 2.45) is 0 Å². The van der Waals surface area contributed by atoms with Gasteiger partial charge < -0.3 is 14.8 Å². The van der Waals surface area contributed by atoms with E-state index in [0.717, 1.165) is 22.3 Å². The van der Waals surface area contributed by atoms with Crippen LogP contribution in [-0.2, 0) is 0 Å². The third kappa shape index (κ3) is 2.51. The van der Waals surface area contributed by atoms with Gasteiger partial charge in [-0.1, -0.05) is 12.1 Å². The van der Waals surface area contributed by atoms with Crippen LogP contribution < -0.4 is 4.74 Å². The van der Waals surface area contributed by atoms with Gasteiger partial charge in [0.25, 0.3) is 0 Å². The second-order valence-electron chi connectivity index (χ2n) is 4.63. The van der Waals surface area contributed by atoms with Gasteiger partial charge in [0, 0.05) is 11.1 Å². The fraction of sp³-hybridized carbons (Fsp3) is 0.125. The molecule has 1 aromatic heterocycles. The Labute approximate surface area is 121 Å². The van der Waals surface area contributed by atoms with Crippen molar-refractivity contribution >= 4 is 16.8 Å². The number of nitrogens with one attached hydrogen (secondary N) is 1. The normalized spacial score (nSPS) is 10.8. The number of aromatic amines is 1. The number of Topliss-reactive ketones (excluding diaryl/α,β-unsaturated/α-hetero) is 1. The number of aliphatic hydroxyl groups is 1. The van der Waals surface area contributed by atoms with Crippen LogP contribution >= 0.6 is 0 Å². The first-order valence-corrected chi connectivity index (χ1v) is 6.49. The summed E-state index contributed by atoms with van der Waals surface area (Å²) in [7, 11) is 1.62. The number of hydrogen-bond acceptors (Lipinski definition) is 4. The molecular weight excluding hydrogens is 268 g/mol. The minimum atomic E-state index is -0.498. The maximum atomic E-state index is 11.5. The van der Waals surface area contributed by atoms with Gasteiger partial charge in [0.15, 0.2) is 5.78 Å². The molecule has 0 spiro atoms. The number of carbonyl (C=O) groups is 1. The molecule has 5 heteroatoms. The lowest BCUT2D eigenvalue weighted by Gasteiger charge is -2.01. The largest absolute Gasteiger partial charge is 0.497 e. The van der Waals surface area contributed by atoms with Crippen LogP contribution in [0, 0.1) is 0 Å². The molecule has 0 radical (unpaired) electrons. The molecule has 0 aliphatic rings. The molecule has 5 nitrogen and oxygen atoms in total. The molecule has 21 heavy (non-hydrogen) atoms. The molecule has 2 N–H and O–H groups in total. The van der Waals surface area contributed by atoms with Crippen molar-refractivity contribution in [3.8, 4) is 17.1 Å². The van der Waals surface area contributed by atoms with Gasteiger partial charge in [-0.2, -0.15) is 0 Å². The summed E-state index contributed by atoms with van der Waals surface area (Å²) in [6, 6.07) is 12.7. The first-order valence-electron chi connectivity index (χ1n) is 6.49. The van der Waals surface area contributed by atoms with Crippen LogP contribution in [0.15, 0.2) is 42.5 Å². The van der Waals surface area contributed by atoms with Crippen molar-refractivity contribution in [2.75, 3.05) is 13.7 Å². The Morgan fingerprint density at radius 3 is 2.90 bits per heavy atom. The van der Waals surface area contributed by atoms with Gasteiger partial charge in [-0.05, 0) is 30.3 Å². The molecule has 0 aliphatic heterocycles. The topological polar surface area (TPSA) is 75.2 Å². The number of fused-ring (bicyclic) bond motifs is 1. The van der Waals surface area contributed by atoms with E-state index in [1.54, 1.807) is 25.3 Å². The summed E-state index contributed by atoms with van der Waals surface area (Å²) in [5, 5.41) is 8.91. The molecule has 1 heterocycles. The van der Waals surface area contributed by atoms with E-state index in [9.17, 15) is 4.79 Å². The average Bonchev–Trinajstić information content (AvgIpc) is 2.97. The Hall–Kier alpha value is -2.66. The van der Waals surface area contributed by atoms with Crippen molar-refractivity contribution in [3.05, 3.63) is 48.0 Å². The van der Waals surface area contributed by atoms with Crippen molar-refractivity contribution in [1.82, 2.24) is 9.97 Å². The van der Waals surface area contributed by atoms with Crippen molar-refractivity contribution in [3.63, 3.8) is 0 Å². The summed E-state index contributed by atoms with van der Waals surface area (Å²) in [5.74, 6) is 1.15. The van der Waals surface area contributed by atoms with E-state index >= 15 is 0 Å². The number of aliphatic hydroxyl groups excluding tert-OH is 1. The van der Waals surface area contributed by atoms with E-state index < -0.39 is 6.61 Å². The van der Waals surface area contributed by atoms with Gasteiger partial charge in [-0.3, -0.25) is 4.79 Å². The summed E-state index contributed by atoms with van der Waals surface area (Å²) in [6.45, 7) is -0.498. The van der Waals surface area contributed by atoms with Crippen LogP contribution in [0.5, 0.6) is 5.75 Å². The van der Waals surface area contributed by atoms with Gasteiger partial charge >= 0.3 is 0 Å². The highest BCUT2D eigenvalue weighted by Gasteiger charge is 2.09. The zero-order valence-electron chi connectivity index (χ0n) is 11.5. The highest BCUT2D eigenvalue weighted by atomic mass is 16.5. The number of carbonyl (C=O) groups excluding carboxylic acids is 1. The van der Waals surface area contributed by atoms with Gasteiger partial charge in [-0.25, -0.2) is 4.98 Å². The number of methoxy groups -OCH3 is 1. The minimum Gasteiger partial charge on any atom is -0.497 e. The number of benzene rings is 2. The molecular formula is C16H14N2O3. The molecule has 106 valence electrons. The van der Waals surface area contributed by atoms with Crippen LogP contribution in [-0.4, -0.2) is 34.6 Å². The van der Waals surface area contributed by atoms with Crippen LogP contribution in [0.4, 0.5) is 0 Å². The van der Waals surface area contributed by atoms with Gasteiger partial charge in [-0.15, -0.1) is 0 Å². The molecule has 0 amide bonds. The Kier molecular flexibility index (Phi) is 3.41. The number of ether oxygens (including phenoxy) is 1. The second kappa shape index (κ2) is 5.38. The first kappa shape index (κ1) is 13.3. The van der Waals surface area contributed by atoms with E-state index in [-0.39, 0.29) is 5.78 Å². The SMILES string of the molecule is COc1cccc(-c2nc3ccc(C(=O)CO)cc3[nH]2)c1. The number of nitrogens with zero attached hydrogens (tertiary/aromatic N) is 1. The van der Waals surface area contributed by atoms with Gasteiger partial charge in [0.05, 0.1) is 18.1 Å². The Morgan fingerprint density at radius 1 is 1.29 bits per heavy atom. The average molecular weight is 282 g/mol. The molecule has 3 aromatic rings. The van der Waals surface area contributed by atoms with Gasteiger partial charge in [0.1, 0.15) is 18.2 Å². The summed E-state index contributed by atoms with van der Waals surface area (Å²) in [4.78, 5) is 19.2. The smallest absolute Gasteiger partial charge is 0.188 e. The predicted octanol–water partition coefficient (Wildman–Crippen LogP) is 2.41. The fourth-order valence-electron chi connectivity index (χ4n) is 2.18. The lowest BCUT2D eigenvalue weighted by molar-refractivity contribution is 0.0904. The zero-order valence-corrected chi connectivity index (χ0v) is 11.5. The number of H-pyrrole nitrogens is 1. The van der Waals surface area contributed by atoms with Gasteiger partial charge in [0.2, 0.25) is 0 Å². The third-order valence-electron chi connectivity index (χ3n) is 3.29. The number of ketones is 1. The number of imidazole rings is 1. The summed E-state index contributed by atoms with van der Waals surface area (Å²) in [5.41, 5.74) is 2.89. The minimum absolute atomic E-state index is 0.311. The monoisotopic (exact) mass is 282 g/mol. The van der Waals surface area contributed by atoms with Crippen molar-refractivity contribution < 1.29 is 14.6 Å². The number of aromatic nitrogens is 2. The Morgan fingerprint density at radius 2 is 2.14 bits per heavy atom. The Bertz CT molecular complexity index is 808. The molecule has 0 atom stereocenters. The second-order valence-corrected chi connectivity index (χ2v) is 4.63. The van der Waals surface area contributed by atoms with Crippen LogP contribution in [0.3, 0.4) is 0 Å². The van der Waals surface area contributed by atoms with Crippen molar-refractivity contribution in [1.29, 1.82) is 0 Å². The van der Waals surface area contributed by atoms with Crippen LogP contribution in [0.25, 0.3) is 22.4 Å².